The molecule has 0 aliphatic heterocycles. The minimum absolute atomic E-state index is 0.0231. The molecular formula is C17H8F9N3O2. The standard InChI is InChI=1S/C17H8F9N3O2/c1-29-12(15(18,19)20)6-3-2-5-9(11(6)28-29)7(13(30)16(21,22)23)4-8(10(5)27)14(31)17(24,25)26/h2-4H,27H2,1H3. The average Bonchev–Trinajstić information content (AvgIpc) is 2.95. The normalized spacial score (nSPS) is 13.2. The van der Waals surface area contributed by atoms with Gasteiger partial charge in [-0.2, -0.15) is 44.6 Å². The summed E-state index contributed by atoms with van der Waals surface area (Å²) in [6.07, 6.45) is -16.2. The van der Waals surface area contributed by atoms with E-state index in [1.807, 2.05) is 0 Å². The fourth-order valence-electron chi connectivity index (χ4n) is 3.21. The summed E-state index contributed by atoms with van der Waals surface area (Å²) >= 11 is 0. The second-order valence-corrected chi connectivity index (χ2v) is 6.39. The second-order valence-electron chi connectivity index (χ2n) is 6.39. The Hall–Kier alpha value is -3.32. The van der Waals surface area contributed by atoms with E-state index in [1.54, 1.807) is 0 Å². The van der Waals surface area contributed by atoms with E-state index in [2.05, 4.69) is 5.10 Å². The molecule has 3 rings (SSSR count). The number of rotatable bonds is 2. The maximum atomic E-state index is 13.3. The smallest absolute Gasteiger partial charge is 0.398 e. The third kappa shape index (κ3) is 3.55. The van der Waals surface area contributed by atoms with E-state index >= 15 is 0 Å². The van der Waals surface area contributed by atoms with Crippen LogP contribution < -0.4 is 5.73 Å². The van der Waals surface area contributed by atoms with Gasteiger partial charge in [0.15, 0.2) is 0 Å². The first-order valence-corrected chi connectivity index (χ1v) is 7.98. The Morgan fingerprint density at radius 1 is 0.871 bits per heavy atom. The van der Waals surface area contributed by atoms with Gasteiger partial charge in [-0.25, -0.2) is 0 Å². The van der Waals surface area contributed by atoms with E-state index in [-0.39, 0.29) is 6.07 Å². The fraction of sp³-hybridized carbons (Fsp3) is 0.235. The number of carbonyl (C=O) groups excluding carboxylic acids is 2. The summed E-state index contributed by atoms with van der Waals surface area (Å²) in [6.45, 7) is 0. The summed E-state index contributed by atoms with van der Waals surface area (Å²) in [5.41, 5.74) is -0.468. The third-order valence-corrected chi connectivity index (χ3v) is 4.42. The highest BCUT2D eigenvalue weighted by molar-refractivity contribution is 6.24. The van der Waals surface area contributed by atoms with Crippen molar-refractivity contribution in [2.75, 3.05) is 5.73 Å². The average molecular weight is 457 g/mol. The molecule has 14 heteroatoms. The number of benzene rings is 2. The van der Waals surface area contributed by atoms with Crippen LogP contribution >= 0.6 is 0 Å². The van der Waals surface area contributed by atoms with Gasteiger partial charge in [0.25, 0.3) is 11.6 Å². The number of ketones is 2. The topological polar surface area (TPSA) is 78.0 Å². The molecule has 5 nitrogen and oxygen atoms in total. The molecule has 0 bridgehead atoms. The van der Waals surface area contributed by atoms with Crippen molar-refractivity contribution in [3.63, 3.8) is 0 Å². The van der Waals surface area contributed by atoms with Crippen LogP contribution in [-0.2, 0) is 13.2 Å². The van der Waals surface area contributed by atoms with Gasteiger partial charge in [-0.1, -0.05) is 6.07 Å². The largest absolute Gasteiger partial charge is 0.454 e. The number of hydrogen-bond donors (Lipinski definition) is 1. The number of nitrogens with zero attached hydrogens (tertiary/aromatic N) is 2. The van der Waals surface area contributed by atoms with E-state index in [9.17, 15) is 49.1 Å². The lowest BCUT2D eigenvalue weighted by molar-refractivity contribution is -0.142. The van der Waals surface area contributed by atoms with Crippen LogP contribution in [0.1, 0.15) is 26.4 Å². The fourth-order valence-corrected chi connectivity index (χ4v) is 3.21. The Bertz CT molecular complexity index is 1250. The minimum Gasteiger partial charge on any atom is -0.398 e. The van der Waals surface area contributed by atoms with Crippen LogP contribution in [-0.4, -0.2) is 33.7 Å². The van der Waals surface area contributed by atoms with Gasteiger partial charge in [0.1, 0.15) is 11.2 Å². The molecule has 3 aromatic rings. The number of halogens is 9. The first-order valence-electron chi connectivity index (χ1n) is 7.98. The lowest BCUT2D eigenvalue weighted by Gasteiger charge is -2.15. The number of fused-ring (bicyclic) bond motifs is 3. The van der Waals surface area contributed by atoms with Gasteiger partial charge in [0.05, 0.1) is 11.3 Å². The third-order valence-electron chi connectivity index (χ3n) is 4.42. The van der Waals surface area contributed by atoms with Crippen molar-refractivity contribution in [1.82, 2.24) is 9.78 Å². The summed E-state index contributed by atoms with van der Waals surface area (Å²) in [5, 5.41) is 1.27. The number of nitrogen functional groups attached to an aromatic ring is 1. The van der Waals surface area contributed by atoms with Crippen molar-refractivity contribution < 1.29 is 49.1 Å². The van der Waals surface area contributed by atoms with E-state index < -0.39 is 74.3 Å². The van der Waals surface area contributed by atoms with Crippen molar-refractivity contribution in [2.24, 2.45) is 7.05 Å². The lowest BCUT2D eigenvalue weighted by Crippen LogP contribution is -2.27. The van der Waals surface area contributed by atoms with Crippen LogP contribution in [0.2, 0.25) is 0 Å². The van der Waals surface area contributed by atoms with Crippen LogP contribution in [0.4, 0.5) is 45.2 Å². The number of aryl methyl sites for hydroxylation is 1. The summed E-state index contributed by atoms with van der Waals surface area (Å²) in [5.74, 6) is -5.30. The molecule has 0 amide bonds. The number of nitrogens with two attached hydrogens (primary N) is 1. The Labute approximate surface area is 165 Å². The van der Waals surface area contributed by atoms with E-state index in [1.165, 1.54) is 0 Å². The Balaban J connectivity index is 2.56. The predicted molar refractivity (Wildman–Crippen MR) is 88.4 cm³/mol. The van der Waals surface area contributed by atoms with Gasteiger partial charge in [-0.15, -0.1) is 0 Å². The molecule has 0 radical (unpaired) electrons. The Kier molecular flexibility index (Phi) is 4.75. The molecule has 0 atom stereocenters. The first kappa shape index (κ1) is 22.4. The molecule has 0 unspecified atom stereocenters. The molecule has 1 heterocycles. The van der Waals surface area contributed by atoms with Gasteiger partial charge in [-0.3, -0.25) is 14.3 Å². The maximum Gasteiger partial charge on any atom is 0.454 e. The molecular weight excluding hydrogens is 449 g/mol. The Morgan fingerprint density at radius 2 is 1.35 bits per heavy atom. The van der Waals surface area contributed by atoms with Crippen molar-refractivity contribution >= 4 is 38.9 Å². The zero-order chi connectivity index (χ0) is 23.7. The number of aromatic nitrogens is 2. The van der Waals surface area contributed by atoms with Crippen LogP contribution in [0.25, 0.3) is 21.7 Å². The first-order chi connectivity index (χ1) is 14.0. The van der Waals surface area contributed by atoms with Crippen molar-refractivity contribution in [3.05, 3.63) is 35.0 Å². The van der Waals surface area contributed by atoms with Crippen LogP contribution in [0.15, 0.2) is 18.2 Å². The number of carbonyl (C=O) groups is 2. The van der Waals surface area contributed by atoms with Gasteiger partial charge in [-0.05, 0) is 12.1 Å². The van der Waals surface area contributed by atoms with Crippen molar-refractivity contribution in [2.45, 2.75) is 18.5 Å². The van der Waals surface area contributed by atoms with Crippen LogP contribution in [0, 0.1) is 0 Å². The summed E-state index contributed by atoms with van der Waals surface area (Å²) in [6, 6.07) is 1.41. The van der Waals surface area contributed by atoms with Gasteiger partial charge < -0.3 is 5.73 Å². The number of alkyl halides is 9. The van der Waals surface area contributed by atoms with Crippen LogP contribution in [0.3, 0.4) is 0 Å². The van der Waals surface area contributed by atoms with Crippen molar-refractivity contribution in [3.8, 4) is 0 Å². The van der Waals surface area contributed by atoms with Crippen molar-refractivity contribution in [1.29, 1.82) is 0 Å². The molecule has 0 aliphatic carbocycles. The summed E-state index contributed by atoms with van der Waals surface area (Å²) in [7, 11) is 0.838. The second kappa shape index (κ2) is 6.59. The zero-order valence-electron chi connectivity index (χ0n) is 14.9. The van der Waals surface area contributed by atoms with E-state index in [4.69, 9.17) is 5.73 Å². The number of anilines is 1. The molecule has 0 saturated heterocycles. The van der Waals surface area contributed by atoms with Gasteiger partial charge in [0, 0.05) is 28.8 Å². The van der Waals surface area contributed by atoms with Crippen LogP contribution in [0.5, 0.6) is 0 Å². The maximum absolute atomic E-state index is 13.3. The highest BCUT2D eigenvalue weighted by Gasteiger charge is 2.45. The molecule has 2 N–H and O–H groups in total. The summed E-state index contributed by atoms with van der Waals surface area (Å²) in [4.78, 5) is 23.6. The molecule has 2 aromatic carbocycles. The van der Waals surface area contributed by atoms with E-state index in [0.717, 1.165) is 13.1 Å². The highest BCUT2D eigenvalue weighted by atomic mass is 19.4. The highest BCUT2D eigenvalue weighted by Crippen LogP contribution is 2.41. The molecule has 0 saturated carbocycles. The molecule has 0 aliphatic rings. The molecule has 31 heavy (non-hydrogen) atoms. The van der Waals surface area contributed by atoms with E-state index in [0.29, 0.717) is 10.7 Å². The number of Topliss-reactive ketones (excluding diaryl/α,β-unsaturated/α-hetero) is 2. The number of hydrogen-bond acceptors (Lipinski definition) is 4. The molecule has 166 valence electrons. The van der Waals surface area contributed by atoms with Gasteiger partial charge in [0.2, 0.25) is 0 Å². The quantitative estimate of drug-likeness (QED) is 0.340. The lowest BCUT2D eigenvalue weighted by atomic mass is 9.92. The summed E-state index contributed by atoms with van der Waals surface area (Å²) < 4.78 is 118. The molecule has 0 fully saturated rings. The minimum atomic E-state index is -5.62. The Morgan fingerprint density at radius 3 is 1.84 bits per heavy atom. The zero-order valence-corrected chi connectivity index (χ0v) is 14.9. The van der Waals surface area contributed by atoms with Gasteiger partial charge >= 0.3 is 18.5 Å². The molecule has 0 spiro atoms. The molecule has 1 aromatic heterocycles. The SMILES string of the molecule is Cn1nc2c(ccc3c(N)c(C(=O)C(F)(F)F)cc(C(=O)C(F)(F)F)c32)c1C(F)(F)F. The predicted octanol–water partition coefficient (Wildman–Crippen LogP) is 4.82. The monoisotopic (exact) mass is 457 g/mol.